The van der Waals surface area contributed by atoms with Gasteiger partial charge < -0.3 is 5.32 Å². The first-order valence-corrected chi connectivity index (χ1v) is 8.20. The van der Waals surface area contributed by atoms with E-state index in [9.17, 15) is 17.6 Å². The van der Waals surface area contributed by atoms with E-state index in [0.717, 1.165) is 24.0 Å². The smallest absolute Gasteiger partial charge is 0.314 e. The third kappa shape index (κ3) is 4.86. The fourth-order valence-electron chi connectivity index (χ4n) is 2.90. The van der Waals surface area contributed by atoms with Crippen molar-refractivity contribution in [1.29, 1.82) is 0 Å². The van der Waals surface area contributed by atoms with Crippen LogP contribution in [0.25, 0.3) is 0 Å². The highest BCUT2D eigenvalue weighted by Gasteiger charge is 2.37. The van der Waals surface area contributed by atoms with E-state index in [-0.39, 0.29) is 30.4 Å². The number of halogens is 6. The lowest BCUT2D eigenvalue weighted by Gasteiger charge is -2.35. The van der Waals surface area contributed by atoms with Crippen LogP contribution in [0.1, 0.15) is 22.0 Å². The zero-order valence-electron chi connectivity index (χ0n) is 13.1. The summed E-state index contributed by atoms with van der Waals surface area (Å²) >= 11 is 1.43. The molecule has 0 aliphatic carbocycles. The number of piperazine rings is 1. The fraction of sp³-hybridized carbons (Fsp3) is 0.375. The summed E-state index contributed by atoms with van der Waals surface area (Å²) in [6.07, 6.45) is -4.69. The third-order valence-corrected chi connectivity index (χ3v) is 4.88. The van der Waals surface area contributed by atoms with Crippen LogP contribution in [0.3, 0.4) is 0 Å². The molecular weight excluding hydrogens is 399 g/mol. The molecule has 1 aromatic heterocycles. The highest BCUT2D eigenvalue weighted by molar-refractivity contribution is 7.10. The van der Waals surface area contributed by atoms with Gasteiger partial charge in [0.1, 0.15) is 5.82 Å². The molecule has 1 saturated heterocycles. The Hall–Kier alpha value is -0.860. The first-order valence-electron chi connectivity index (χ1n) is 7.32. The van der Waals surface area contributed by atoms with E-state index in [1.54, 1.807) is 0 Å². The van der Waals surface area contributed by atoms with Crippen molar-refractivity contribution < 1.29 is 17.6 Å². The Morgan fingerprint density at radius 3 is 2.28 bits per heavy atom. The molecule has 2 heterocycles. The van der Waals surface area contributed by atoms with E-state index in [2.05, 4.69) is 5.32 Å². The van der Waals surface area contributed by atoms with Crippen molar-refractivity contribution in [2.75, 3.05) is 26.2 Å². The number of nitrogens with zero attached hydrogens (tertiary/aromatic N) is 1. The summed E-state index contributed by atoms with van der Waals surface area (Å²) < 4.78 is 53.7. The molecule has 0 saturated carbocycles. The Kier molecular flexibility index (Phi) is 8.15. The molecule has 0 amide bonds. The second-order valence-corrected chi connectivity index (χ2v) is 6.39. The van der Waals surface area contributed by atoms with Gasteiger partial charge in [0.15, 0.2) is 0 Å². The van der Waals surface area contributed by atoms with Crippen molar-refractivity contribution in [3.63, 3.8) is 0 Å². The summed E-state index contributed by atoms with van der Waals surface area (Å²) in [5, 5.41) is 5.06. The van der Waals surface area contributed by atoms with Crippen LogP contribution in [0.4, 0.5) is 17.6 Å². The maximum absolute atomic E-state index is 14.6. The molecule has 1 aromatic carbocycles. The lowest BCUT2D eigenvalue weighted by molar-refractivity contribution is -0.140. The second-order valence-electron chi connectivity index (χ2n) is 5.41. The standard InChI is InChI=1S/C16H16F4N2S.2ClH/c17-14-11(3-1-4-12(14)16(18,19)20)15(13-5-2-10-23-13)22-8-6-21-7-9-22;;/h1-5,10,15,21H,6-9H2;2*1H/t15-;;/m0../s1. The molecule has 9 heteroatoms. The Labute approximate surface area is 160 Å². The quantitative estimate of drug-likeness (QED) is 0.726. The van der Waals surface area contributed by atoms with Crippen LogP contribution in [-0.2, 0) is 6.18 Å². The third-order valence-electron chi connectivity index (χ3n) is 3.96. The van der Waals surface area contributed by atoms with Crippen molar-refractivity contribution in [1.82, 2.24) is 10.2 Å². The molecular formula is C16H18Cl2F4N2S. The minimum absolute atomic E-state index is 0. The molecule has 2 nitrogen and oxygen atoms in total. The van der Waals surface area contributed by atoms with Crippen molar-refractivity contribution in [2.45, 2.75) is 12.2 Å². The molecule has 1 fully saturated rings. The highest BCUT2D eigenvalue weighted by Crippen LogP contribution is 2.38. The number of hydrogen-bond acceptors (Lipinski definition) is 3. The molecule has 1 aliphatic heterocycles. The van der Waals surface area contributed by atoms with Crippen LogP contribution in [0.5, 0.6) is 0 Å². The molecule has 2 aromatic rings. The lowest BCUT2D eigenvalue weighted by atomic mass is 9.99. The van der Waals surface area contributed by atoms with E-state index in [1.807, 2.05) is 22.4 Å². The largest absolute Gasteiger partial charge is 0.419 e. The normalized spacial score (nSPS) is 16.6. The maximum atomic E-state index is 14.6. The van der Waals surface area contributed by atoms with Crippen LogP contribution in [-0.4, -0.2) is 31.1 Å². The Balaban J connectivity index is 0.00000156. The zero-order chi connectivity index (χ0) is 16.4. The van der Waals surface area contributed by atoms with E-state index in [0.29, 0.717) is 13.1 Å². The number of thiophene rings is 1. The van der Waals surface area contributed by atoms with Crippen molar-refractivity contribution in [3.8, 4) is 0 Å². The molecule has 25 heavy (non-hydrogen) atoms. The van der Waals surface area contributed by atoms with Gasteiger partial charge in [0.25, 0.3) is 0 Å². The van der Waals surface area contributed by atoms with Crippen LogP contribution >= 0.6 is 36.2 Å². The van der Waals surface area contributed by atoms with Gasteiger partial charge >= 0.3 is 6.18 Å². The molecule has 0 bridgehead atoms. The van der Waals surface area contributed by atoms with Crippen LogP contribution < -0.4 is 5.32 Å². The van der Waals surface area contributed by atoms with Crippen LogP contribution in [0.2, 0.25) is 0 Å². The summed E-state index contributed by atoms with van der Waals surface area (Å²) in [6, 6.07) is 6.72. The first-order chi connectivity index (χ1) is 11.0. The summed E-state index contributed by atoms with van der Waals surface area (Å²) in [7, 11) is 0. The molecule has 1 aliphatic rings. The van der Waals surface area contributed by atoms with Gasteiger partial charge in [-0.2, -0.15) is 13.2 Å². The van der Waals surface area contributed by atoms with Crippen molar-refractivity contribution in [2.24, 2.45) is 0 Å². The summed E-state index contributed by atoms with van der Waals surface area (Å²) in [4.78, 5) is 2.88. The predicted octanol–water partition coefficient (Wildman–Crippen LogP) is 4.74. The molecule has 3 rings (SSSR count). The Morgan fingerprint density at radius 2 is 1.72 bits per heavy atom. The fourth-order valence-corrected chi connectivity index (χ4v) is 3.77. The molecule has 1 N–H and O–H groups in total. The van der Waals surface area contributed by atoms with E-state index in [1.165, 1.54) is 23.5 Å². The SMILES string of the molecule is Cl.Cl.Fc1c([C@@H](c2cccs2)N2CCNCC2)cccc1C(F)(F)F. The topological polar surface area (TPSA) is 15.3 Å². The monoisotopic (exact) mass is 416 g/mol. The maximum Gasteiger partial charge on any atom is 0.419 e. The van der Waals surface area contributed by atoms with Crippen molar-refractivity contribution in [3.05, 3.63) is 57.5 Å². The number of benzene rings is 1. The predicted molar refractivity (Wildman–Crippen MR) is 96.5 cm³/mol. The van der Waals surface area contributed by atoms with Crippen LogP contribution in [0, 0.1) is 5.82 Å². The minimum Gasteiger partial charge on any atom is -0.314 e. The van der Waals surface area contributed by atoms with Gasteiger partial charge in [0, 0.05) is 36.6 Å². The number of rotatable bonds is 3. The summed E-state index contributed by atoms with van der Waals surface area (Å²) in [5.74, 6) is -1.17. The lowest BCUT2D eigenvalue weighted by Crippen LogP contribution is -2.45. The Morgan fingerprint density at radius 1 is 1.04 bits per heavy atom. The van der Waals surface area contributed by atoms with Crippen molar-refractivity contribution >= 4 is 36.2 Å². The Bertz CT molecular complexity index is 659. The first kappa shape index (κ1) is 22.2. The van der Waals surface area contributed by atoms with E-state index >= 15 is 0 Å². The van der Waals surface area contributed by atoms with Gasteiger partial charge in [-0.15, -0.1) is 36.2 Å². The zero-order valence-corrected chi connectivity index (χ0v) is 15.5. The molecule has 0 radical (unpaired) electrons. The number of hydrogen-bond donors (Lipinski definition) is 1. The van der Waals surface area contributed by atoms with Crippen LogP contribution in [0.15, 0.2) is 35.7 Å². The number of nitrogens with one attached hydrogen (secondary N) is 1. The van der Waals surface area contributed by atoms with Gasteiger partial charge in [0.05, 0.1) is 11.6 Å². The highest BCUT2D eigenvalue weighted by atomic mass is 35.5. The summed E-state index contributed by atoms with van der Waals surface area (Å²) in [6.45, 7) is 2.81. The molecule has 1 atom stereocenters. The van der Waals surface area contributed by atoms with Gasteiger partial charge in [-0.25, -0.2) is 4.39 Å². The average Bonchev–Trinajstić information content (AvgIpc) is 3.03. The van der Waals surface area contributed by atoms with E-state index in [4.69, 9.17) is 0 Å². The number of alkyl halides is 3. The van der Waals surface area contributed by atoms with E-state index < -0.39 is 23.6 Å². The molecule has 140 valence electrons. The van der Waals surface area contributed by atoms with Gasteiger partial charge in [-0.05, 0) is 17.5 Å². The average molecular weight is 417 g/mol. The second kappa shape index (κ2) is 9.19. The summed E-state index contributed by atoms with van der Waals surface area (Å²) in [5.41, 5.74) is -1.11. The molecule has 0 spiro atoms. The minimum atomic E-state index is -4.69. The van der Waals surface area contributed by atoms with Gasteiger partial charge in [0.2, 0.25) is 0 Å². The molecule has 0 unspecified atom stereocenters. The van der Waals surface area contributed by atoms with Gasteiger partial charge in [-0.3, -0.25) is 4.90 Å². The van der Waals surface area contributed by atoms with Gasteiger partial charge in [-0.1, -0.05) is 18.2 Å².